The van der Waals surface area contributed by atoms with Crippen LogP contribution in [0.15, 0.2) is 46.8 Å². The van der Waals surface area contributed by atoms with Crippen molar-refractivity contribution in [1.82, 2.24) is 10.6 Å². The number of non-ortho nitro benzene ring substituents is 1. The fourth-order valence-corrected chi connectivity index (χ4v) is 3.14. The minimum absolute atomic E-state index is 0.0116. The van der Waals surface area contributed by atoms with Gasteiger partial charge in [0, 0.05) is 35.5 Å². The Kier molecular flexibility index (Phi) is 6.52. The van der Waals surface area contributed by atoms with Gasteiger partial charge in [-0.2, -0.15) is 0 Å². The van der Waals surface area contributed by atoms with Gasteiger partial charge in [-0.15, -0.1) is 11.3 Å². The standard InChI is InChI=1S/C18H24N4O2S/c1-4-19-17(21-13-18(2,3)16-6-5-11-25-16)20-12-14-7-9-15(10-8-14)22(23)24/h5-11H,4,12-13H2,1-3H3,(H2,19,20,21). The Balaban J connectivity index is 1.99. The van der Waals surface area contributed by atoms with E-state index >= 15 is 0 Å². The summed E-state index contributed by atoms with van der Waals surface area (Å²) in [5, 5.41) is 19.4. The minimum Gasteiger partial charge on any atom is -0.357 e. The summed E-state index contributed by atoms with van der Waals surface area (Å²) in [5.41, 5.74) is 1.04. The van der Waals surface area contributed by atoms with E-state index in [2.05, 4.69) is 47.0 Å². The van der Waals surface area contributed by atoms with E-state index < -0.39 is 4.92 Å². The molecule has 2 N–H and O–H groups in total. The first-order chi connectivity index (χ1) is 11.9. The Morgan fingerprint density at radius 1 is 1.24 bits per heavy atom. The van der Waals surface area contributed by atoms with Crippen molar-refractivity contribution in [1.29, 1.82) is 0 Å². The van der Waals surface area contributed by atoms with Crippen LogP contribution in [0.1, 0.15) is 31.2 Å². The molecule has 7 heteroatoms. The molecule has 0 spiro atoms. The second-order valence-corrected chi connectivity index (χ2v) is 7.28. The first-order valence-corrected chi connectivity index (χ1v) is 9.10. The molecule has 0 unspecified atom stereocenters. The van der Waals surface area contributed by atoms with Crippen molar-refractivity contribution in [3.05, 3.63) is 62.3 Å². The number of nitro benzene ring substituents is 1. The smallest absolute Gasteiger partial charge is 0.269 e. The van der Waals surface area contributed by atoms with E-state index in [1.165, 1.54) is 17.0 Å². The quantitative estimate of drug-likeness (QED) is 0.342. The molecule has 2 aromatic rings. The van der Waals surface area contributed by atoms with Gasteiger partial charge in [-0.25, -0.2) is 4.99 Å². The van der Waals surface area contributed by atoms with Crippen LogP contribution < -0.4 is 10.6 Å². The van der Waals surface area contributed by atoms with Crippen molar-refractivity contribution < 1.29 is 4.92 Å². The first-order valence-electron chi connectivity index (χ1n) is 8.22. The summed E-state index contributed by atoms with van der Waals surface area (Å²) in [5.74, 6) is 0.741. The molecule has 0 amide bonds. The SMILES string of the molecule is CCNC(=NCc1ccc([N+](=O)[O-])cc1)NCC(C)(C)c1cccs1. The van der Waals surface area contributed by atoms with Crippen molar-refractivity contribution >= 4 is 23.0 Å². The molecule has 2 rings (SSSR count). The van der Waals surface area contributed by atoms with Crippen LogP contribution in [0.25, 0.3) is 0 Å². The maximum atomic E-state index is 10.7. The van der Waals surface area contributed by atoms with Gasteiger partial charge in [0.2, 0.25) is 0 Å². The summed E-state index contributed by atoms with van der Waals surface area (Å²) in [6.45, 7) is 8.42. The zero-order chi connectivity index (χ0) is 18.3. The predicted molar refractivity (Wildman–Crippen MR) is 103 cm³/mol. The number of thiophene rings is 1. The molecule has 0 atom stereocenters. The number of hydrogen-bond acceptors (Lipinski definition) is 4. The summed E-state index contributed by atoms with van der Waals surface area (Å²) in [6.07, 6.45) is 0. The van der Waals surface area contributed by atoms with E-state index in [1.807, 2.05) is 6.92 Å². The molecule has 1 aromatic carbocycles. The van der Waals surface area contributed by atoms with E-state index in [-0.39, 0.29) is 11.1 Å². The molecule has 134 valence electrons. The van der Waals surface area contributed by atoms with Gasteiger partial charge in [-0.05, 0) is 23.9 Å². The van der Waals surface area contributed by atoms with Crippen LogP contribution in [0.4, 0.5) is 5.69 Å². The van der Waals surface area contributed by atoms with E-state index in [1.54, 1.807) is 23.5 Å². The highest BCUT2D eigenvalue weighted by molar-refractivity contribution is 7.10. The van der Waals surface area contributed by atoms with Crippen LogP contribution >= 0.6 is 11.3 Å². The van der Waals surface area contributed by atoms with E-state index in [9.17, 15) is 10.1 Å². The monoisotopic (exact) mass is 360 g/mol. The summed E-state index contributed by atoms with van der Waals surface area (Å²) in [4.78, 5) is 16.2. The van der Waals surface area contributed by atoms with Crippen molar-refractivity contribution in [3.63, 3.8) is 0 Å². The van der Waals surface area contributed by atoms with Gasteiger partial charge in [-0.3, -0.25) is 10.1 Å². The van der Waals surface area contributed by atoms with Gasteiger partial charge in [0.15, 0.2) is 5.96 Å². The summed E-state index contributed by atoms with van der Waals surface area (Å²) in [7, 11) is 0. The third-order valence-corrected chi connectivity index (χ3v) is 5.03. The van der Waals surface area contributed by atoms with Gasteiger partial charge in [0.05, 0.1) is 11.5 Å². The minimum atomic E-state index is -0.397. The van der Waals surface area contributed by atoms with Gasteiger partial charge < -0.3 is 10.6 Å². The molecule has 1 heterocycles. The average molecular weight is 360 g/mol. The van der Waals surface area contributed by atoms with Gasteiger partial charge in [0.1, 0.15) is 0 Å². The summed E-state index contributed by atoms with van der Waals surface area (Å²) < 4.78 is 0. The zero-order valence-corrected chi connectivity index (χ0v) is 15.6. The Hall–Kier alpha value is -2.41. The Morgan fingerprint density at radius 2 is 1.96 bits per heavy atom. The Labute approximate surface area is 152 Å². The Bertz CT molecular complexity index is 709. The first kappa shape index (κ1) is 18.9. The van der Waals surface area contributed by atoms with E-state index in [0.717, 1.165) is 24.6 Å². The number of nitrogens with zero attached hydrogens (tertiary/aromatic N) is 2. The third kappa shape index (κ3) is 5.56. The van der Waals surface area contributed by atoms with Crippen LogP contribution in [-0.4, -0.2) is 24.0 Å². The number of rotatable bonds is 7. The van der Waals surface area contributed by atoms with Gasteiger partial charge in [0.25, 0.3) is 5.69 Å². The highest BCUT2D eigenvalue weighted by Crippen LogP contribution is 2.26. The molecule has 0 aliphatic rings. The summed E-state index contributed by atoms with van der Waals surface area (Å²) in [6, 6.07) is 10.7. The van der Waals surface area contributed by atoms with Crippen LogP contribution in [0.3, 0.4) is 0 Å². The Morgan fingerprint density at radius 3 is 2.52 bits per heavy atom. The number of nitro groups is 1. The van der Waals surface area contributed by atoms with Crippen LogP contribution in [-0.2, 0) is 12.0 Å². The fourth-order valence-electron chi connectivity index (χ4n) is 2.29. The lowest BCUT2D eigenvalue weighted by Gasteiger charge is -2.25. The number of aliphatic imine (C=N–C) groups is 1. The molecule has 0 radical (unpaired) electrons. The third-order valence-electron chi connectivity index (χ3n) is 3.80. The van der Waals surface area contributed by atoms with Crippen LogP contribution in [0, 0.1) is 10.1 Å². The molecule has 1 aromatic heterocycles. The molecule has 0 aliphatic carbocycles. The average Bonchev–Trinajstić information content (AvgIpc) is 3.13. The second kappa shape index (κ2) is 8.62. The van der Waals surface area contributed by atoms with Gasteiger partial charge >= 0.3 is 0 Å². The maximum Gasteiger partial charge on any atom is 0.269 e. The number of guanidine groups is 1. The lowest BCUT2D eigenvalue weighted by atomic mass is 9.91. The zero-order valence-electron chi connectivity index (χ0n) is 14.8. The number of benzene rings is 1. The number of hydrogen-bond donors (Lipinski definition) is 2. The van der Waals surface area contributed by atoms with Crippen LogP contribution in [0.2, 0.25) is 0 Å². The molecule has 6 nitrogen and oxygen atoms in total. The van der Waals surface area contributed by atoms with E-state index in [0.29, 0.717) is 6.54 Å². The predicted octanol–water partition coefficient (Wildman–Crippen LogP) is 3.69. The van der Waals surface area contributed by atoms with E-state index in [4.69, 9.17) is 0 Å². The molecular weight excluding hydrogens is 336 g/mol. The molecular formula is C18H24N4O2S. The van der Waals surface area contributed by atoms with Crippen molar-refractivity contribution in [2.75, 3.05) is 13.1 Å². The molecule has 0 saturated carbocycles. The molecule has 0 aliphatic heterocycles. The molecule has 0 fully saturated rings. The topological polar surface area (TPSA) is 79.6 Å². The molecule has 0 bridgehead atoms. The van der Waals surface area contributed by atoms with Gasteiger partial charge in [-0.1, -0.05) is 32.0 Å². The lowest BCUT2D eigenvalue weighted by molar-refractivity contribution is -0.384. The van der Waals surface area contributed by atoms with Crippen LogP contribution in [0.5, 0.6) is 0 Å². The number of nitrogens with one attached hydrogen (secondary N) is 2. The highest BCUT2D eigenvalue weighted by atomic mass is 32.1. The normalized spacial score (nSPS) is 12.0. The molecule has 25 heavy (non-hydrogen) atoms. The molecule has 0 saturated heterocycles. The second-order valence-electron chi connectivity index (χ2n) is 6.33. The van der Waals surface area contributed by atoms with Crippen molar-refractivity contribution in [3.8, 4) is 0 Å². The van der Waals surface area contributed by atoms with Crippen molar-refractivity contribution in [2.24, 2.45) is 4.99 Å². The van der Waals surface area contributed by atoms with Crippen molar-refractivity contribution in [2.45, 2.75) is 32.7 Å². The highest BCUT2D eigenvalue weighted by Gasteiger charge is 2.21. The maximum absolute atomic E-state index is 10.7. The summed E-state index contributed by atoms with van der Waals surface area (Å²) >= 11 is 1.75. The lowest BCUT2D eigenvalue weighted by Crippen LogP contribution is -2.43. The fraction of sp³-hybridized carbons (Fsp3) is 0.389. The largest absolute Gasteiger partial charge is 0.357 e.